The molecule has 1 aliphatic rings. The van der Waals surface area contributed by atoms with Gasteiger partial charge in [-0.15, -0.1) is 11.3 Å². The molecule has 3 rings (SSSR count). The van der Waals surface area contributed by atoms with Crippen molar-refractivity contribution in [2.24, 2.45) is 0 Å². The molecule has 1 aromatic carbocycles. The molecule has 1 aliphatic heterocycles. The summed E-state index contributed by atoms with van der Waals surface area (Å²) in [5.74, 6) is -1.19. The number of halogens is 1. The van der Waals surface area contributed by atoms with Gasteiger partial charge in [0.2, 0.25) is 0 Å². The molecule has 0 spiro atoms. The lowest BCUT2D eigenvalue weighted by atomic mass is 10.1. The van der Waals surface area contributed by atoms with E-state index >= 15 is 0 Å². The van der Waals surface area contributed by atoms with Gasteiger partial charge in [-0.1, -0.05) is 23.7 Å². The van der Waals surface area contributed by atoms with Gasteiger partial charge < -0.3 is 14.7 Å². The van der Waals surface area contributed by atoms with E-state index in [4.69, 9.17) is 21.4 Å². The molecule has 1 saturated heterocycles. The van der Waals surface area contributed by atoms with Crippen LogP contribution >= 0.6 is 22.9 Å². The molecule has 2 unspecified atom stereocenters. The Bertz CT molecular complexity index is 775. The molecule has 1 N–H and O–H groups in total. The molecular weight excluding hydrogens is 350 g/mol. The van der Waals surface area contributed by atoms with Gasteiger partial charge in [0.05, 0.1) is 24.1 Å². The van der Waals surface area contributed by atoms with Crippen LogP contribution in [-0.2, 0) is 4.74 Å². The number of carbonyl (C=O) groups excluding carboxylic acids is 1. The second kappa shape index (κ2) is 6.93. The van der Waals surface area contributed by atoms with E-state index < -0.39 is 5.97 Å². The second-order valence-corrected chi connectivity index (χ2v) is 7.17. The van der Waals surface area contributed by atoms with E-state index in [-0.39, 0.29) is 22.9 Å². The Morgan fingerprint density at radius 1 is 1.29 bits per heavy atom. The number of rotatable bonds is 3. The summed E-state index contributed by atoms with van der Waals surface area (Å²) < 4.78 is 5.85. The van der Waals surface area contributed by atoms with Crippen LogP contribution in [0.2, 0.25) is 5.02 Å². The average molecular weight is 366 g/mol. The molecule has 1 amide bonds. The van der Waals surface area contributed by atoms with Crippen LogP contribution < -0.4 is 0 Å². The Kier molecular flexibility index (Phi) is 4.89. The van der Waals surface area contributed by atoms with Crippen LogP contribution in [-0.4, -0.2) is 41.1 Å². The van der Waals surface area contributed by atoms with E-state index in [1.165, 1.54) is 6.07 Å². The summed E-state index contributed by atoms with van der Waals surface area (Å²) in [5, 5.41) is 9.63. The van der Waals surface area contributed by atoms with Crippen molar-refractivity contribution in [1.82, 2.24) is 4.90 Å². The summed E-state index contributed by atoms with van der Waals surface area (Å²) in [4.78, 5) is 26.1. The number of benzene rings is 1. The number of nitrogens with zero attached hydrogens (tertiary/aromatic N) is 1. The largest absolute Gasteiger partial charge is 0.477 e. The van der Waals surface area contributed by atoms with E-state index in [0.717, 1.165) is 16.9 Å². The highest BCUT2D eigenvalue weighted by Gasteiger charge is 2.32. The Hall–Kier alpha value is -1.89. The van der Waals surface area contributed by atoms with Gasteiger partial charge in [-0.2, -0.15) is 0 Å². The zero-order chi connectivity index (χ0) is 17.3. The van der Waals surface area contributed by atoms with Gasteiger partial charge >= 0.3 is 5.97 Å². The number of thiophene rings is 1. The number of morpholine rings is 1. The molecule has 2 heterocycles. The molecule has 5 nitrogen and oxygen atoms in total. The molecule has 2 atom stereocenters. The maximum absolute atomic E-state index is 12.8. The Labute approximate surface area is 148 Å². The fraction of sp³-hybridized carbons (Fsp3) is 0.294. The van der Waals surface area contributed by atoms with Crippen molar-refractivity contribution >= 4 is 34.8 Å². The van der Waals surface area contributed by atoms with Crippen LogP contribution in [0.25, 0.3) is 0 Å². The zero-order valence-electron chi connectivity index (χ0n) is 12.9. The highest BCUT2D eigenvalue weighted by Crippen LogP contribution is 2.29. The second-order valence-electron chi connectivity index (χ2n) is 5.65. The number of amides is 1. The predicted molar refractivity (Wildman–Crippen MR) is 91.9 cm³/mol. The average Bonchev–Trinajstić information content (AvgIpc) is 3.05. The lowest BCUT2D eigenvalue weighted by molar-refractivity contribution is -0.0485. The molecule has 1 aromatic heterocycles. The van der Waals surface area contributed by atoms with Gasteiger partial charge in [-0.05, 0) is 36.8 Å². The van der Waals surface area contributed by atoms with Crippen LogP contribution in [0.1, 0.15) is 37.9 Å². The van der Waals surface area contributed by atoms with E-state index in [1.807, 2.05) is 25.1 Å². The number of hydrogen-bond acceptors (Lipinski definition) is 4. The number of carboxylic acid groups (broad SMARTS) is 1. The molecule has 0 aliphatic carbocycles. The fourth-order valence-electron chi connectivity index (χ4n) is 2.66. The van der Waals surface area contributed by atoms with Crippen molar-refractivity contribution in [3.05, 3.63) is 56.7 Å². The third kappa shape index (κ3) is 3.45. The summed E-state index contributed by atoms with van der Waals surface area (Å²) in [6, 6.07) is 10.3. The summed E-state index contributed by atoms with van der Waals surface area (Å²) in [6.07, 6.45) is -0.247. The van der Waals surface area contributed by atoms with Crippen LogP contribution in [0, 0.1) is 0 Å². The molecular formula is C17H16ClNO4S. The van der Waals surface area contributed by atoms with Crippen LogP contribution in [0.3, 0.4) is 0 Å². The predicted octanol–water partition coefficient (Wildman–Crippen LogP) is 3.70. The van der Waals surface area contributed by atoms with Gasteiger partial charge in [0, 0.05) is 5.02 Å². The molecule has 0 radical (unpaired) electrons. The summed E-state index contributed by atoms with van der Waals surface area (Å²) in [7, 11) is 0. The monoisotopic (exact) mass is 365 g/mol. The number of hydrogen-bond donors (Lipinski definition) is 1. The number of carbonyl (C=O) groups is 2. The highest BCUT2D eigenvalue weighted by molar-refractivity contribution is 7.15. The molecule has 7 heteroatoms. The topological polar surface area (TPSA) is 66.8 Å². The van der Waals surface area contributed by atoms with E-state index in [9.17, 15) is 9.59 Å². The SMILES string of the molecule is CC1COC(c2cccc(Cl)c2)CN1C(=O)c1ccc(C(=O)O)s1. The van der Waals surface area contributed by atoms with Gasteiger partial charge in [-0.3, -0.25) is 4.79 Å². The lowest BCUT2D eigenvalue weighted by Crippen LogP contribution is -2.48. The van der Waals surface area contributed by atoms with Crippen molar-refractivity contribution < 1.29 is 19.4 Å². The standard InChI is InChI=1S/C17H16ClNO4S/c1-10-9-23-13(11-3-2-4-12(18)7-11)8-19(10)16(20)14-5-6-15(24-14)17(21)22/h2-7,10,13H,8-9H2,1H3,(H,21,22). The fourth-order valence-corrected chi connectivity index (χ4v) is 3.66. The first kappa shape index (κ1) is 17.0. The molecule has 126 valence electrons. The minimum Gasteiger partial charge on any atom is -0.477 e. The van der Waals surface area contributed by atoms with Crippen molar-refractivity contribution in [2.45, 2.75) is 19.1 Å². The molecule has 2 aromatic rings. The van der Waals surface area contributed by atoms with E-state index in [1.54, 1.807) is 17.0 Å². The molecule has 0 bridgehead atoms. The van der Waals surface area contributed by atoms with Gasteiger partial charge in [-0.25, -0.2) is 4.79 Å². The maximum Gasteiger partial charge on any atom is 0.345 e. The van der Waals surface area contributed by atoms with Crippen LogP contribution in [0.15, 0.2) is 36.4 Å². The quantitative estimate of drug-likeness (QED) is 0.900. The minimum absolute atomic E-state index is 0.0803. The Balaban J connectivity index is 1.80. The van der Waals surface area contributed by atoms with Crippen molar-refractivity contribution in [2.75, 3.05) is 13.2 Å². The number of ether oxygens (including phenoxy) is 1. The number of aromatic carboxylic acids is 1. The first-order valence-corrected chi connectivity index (χ1v) is 8.66. The van der Waals surface area contributed by atoms with Gasteiger partial charge in [0.15, 0.2) is 0 Å². The first-order valence-electron chi connectivity index (χ1n) is 7.47. The molecule has 0 saturated carbocycles. The highest BCUT2D eigenvalue weighted by atomic mass is 35.5. The Morgan fingerprint density at radius 3 is 2.71 bits per heavy atom. The van der Waals surface area contributed by atoms with E-state index in [2.05, 4.69) is 0 Å². The van der Waals surface area contributed by atoms with Crippen molar-refractivity contribution in [1.29, 1.82) is 0 Å². The van der Waals surface area contributed by atoms with Gasteiger partial charge in [0.1, 0.15) is 11.0 Å². The van der Waals surface area contributed by atoms with E-state index in [0.29, 0.717) is 23.1 Å². The van der Waals surface area contributed by atoms with Crippen molar-refractivity contribution in [3.63, 3.8) is 0 Å². The van der Waals surface area contributed by atoms with Crippen molar-refractivity contribution in [3.8, 4) is 0 Å². The maximum atomic E-state index is 12.8. The number of carboxylic acids is 1. The normalized spacial score (nSPS) is 20.8. The minimum atomic E-state index is -1.02. The zero-order valence-corrected chi connectivity index (χ0v) is 14.5. The molecule has 1 fully saturated rings. The Morgan fingerprint density at radius 2 is 2.04 bits per heavy atom. The third-order valence-corrected chi connectivity index (χ3v) is 5.24. The summed E-state index contributed by atoms with van der Waals surface area (Å²) in [5.41, 5.74) is 0.921. The molecule has 24 heavy (non-hydrogen) atoms. The summed E-state index contributed by atoms with van der Waals surface area (Å²) in [6.45, 7) is 2.73. The summed E-state index contributed by atoms with van der Waals surface area (Å²) >= 11 is 7.02. The third-order valence-electron chi connectivity index (χ3n) is 3.94. The smallest absolute Gasteiger partial charge is 0.345 e. The first-order chi connectivity index (χ1) is 11.5. The van der Waals surface area contributed by atoms with Crippen LogP contribution in [0.4, 0.5) is 0 Å². The lowest BCUT2D eigenvalue weighted by Gasteiger charge is -2.38. The van der Waals surface area contributed by atoms with Crippen LogP contribution in [0.5, 0.6) is 0 Å². The van der Waals surface area contributed by atoms with Gasteiger partial charge in [0.25, 0.3) is 5.91 Å².